The number of hydrogen-bond acceptors (Lipinski definition) is 4. The predicted octanol–water partition coefficient (Wildman–Crippen LogP) is 2.35. The molecule has 0 amide bonds. The molecule has 1 aliphatic heterocycles. The van der Waals surface area contributed by atoms with Gasteiger partial charge in [-0.15, -0.1) is 0 Å². The second kappa shape index (κ2) is 3.84. The standard InChI is InChI=1S/C14H22N4/c1-14(2,3)13-16-11(15)7-12(17-13)18-8-9-4-5-10(18)6-9/h7,9-10H,4-6,8H2,1-3H3,(H2,15,16,17). The summed E-state index contributed by atoms with van der Waals surface area (Å²) >= 11 is 0. The van der Waals surface area contributed by atoms with Crippen LogP contribution in [-0.4, -0.2) is 22.6 Å². The molecule has 0 radical (unpaired) electrons. The van der Waals surface area contributed by atoms with Crippen LogP contribution in [0.1, 0.15) is 45.9 Å². The normalized spacial score (nSPS) is 26.9. The van der Waals surface area contributed by atoms with Crippen LogP contribution < -0.4 is 10.6 Å². The van der Waals surface area contributed by atoms with Gasteiger partial charge in [0.25, 0.3) is 0 Å². The molecule has 0 aromatic carbocycles. The van der Waals surface area contributed by atoms with Gasteiger partial charge >= 0.3 is 0 Å². The minimum atomic E-state index is -0.0527. The van der Waals surface area contributed by atoms with Crippen LogP contribution in [0.4, 0.5) is 11.6 Å². The summed E-state index contributed by atoms with van der Waals surface area (Å²) in [6.07, 6.45) is 4.02. The largest absolute Gasteiger partial charge is 0.384 e. The third kappa shape index (κ3) is 1.93. The second-order valence-electron chi connectivity index (χ2n) is 6.71. The maximum atomic E-state index is 5.94. The Labute approximate surface area is 109 Å². The van der Waals surface area contributed by atoms with Gasteiger partial charge in [-0.05, 0) is 25.2 Å². The van der Waals surface area contributed by atoms with E-state index in [1.165, 1.54) is 19.3 Å². The van der Waals surface area contributed by atoms with Gasteiger partial charge < -0.3 is 10.6 Å². The van der Waals surface area contributed by atoms with E-state index >= 15 is 0 Å². The number of rotatable bonds is 1. The summed E-state index contributed by atoms with van der Waals surface area (Å²) in [5.74, 6) is 3.33. The first-order valence-corrected chi connectivity index (χ1v) is 6.85. The summed E-state index contributed by atoms with van der Waals surface area (Å²) in [4.78, 5) is 11.6. The zero-order chi connectivity index (χ0) is 12.9. The first kappa shape index (κ1) is 11.8. The van der Waals surface area contributed by atoms with Crippen molar-refractivity contribution in [3.8, 4) is 0 Å². The Bertz CT molecular complexity index is 463. The Kier molecular flexibility index (Phi) is 2.50. The Hall–Kier alpha value is -1.32. The van der Waals surface area contributed by atoms with Gasteiger partial charge in [-0.2, -0.15) is 0 Å². The van der Waals surface area contributed by atoms with E-state index in [9.17, 15) is 0 Å². The third-order valence-corrected chi connectivity index (χ3v) is 4.11. The molecule has 2 N–H and O–H groups in total. The van der Waals surface area contributed by atoms with E-state index < -0.39 is 0 Å². The first-order valence-electron chi connectivity index (χ1n) is 6.85. The molecule has 98 valence electrons. The van der Waals surface area contributed by atoms with E-state index in [-0.39, 0.29) is 5.41 Å². The van der Waals surface area contributed by atoms with Gasteiger partial charge in [0.15, 0.2) is 0 Å². The van der Waals surface area contributed by atoms with Gasteiger partial charge in [0.1, 0.15) is 17.5 Å². The van der Waals surface area contributed by atoms with Gasteiger partial charge in [-0.25, -0.2) is 9.97 Å². The molecule has 2 unspecified atom stereocenters. The lowest BCUT2D eigenvalue weighted by Crippen LogP contribution is -2.33. The molecule has 2 heterocycles. The average Bonchev–Trinajstić information content (AvgIpc) is 2.88. The number of anilines is 2. The highest BCUT2D eigenvalue weighted by atomic mass is 15.3. The van der Waals surface area contributed by atoms with Crippen LogP contribution in [0.25, 0.3) is 0 Å². The predicted molar refractivity (Wildman–Crippen MR) is 73.6 cm³/mol. The number of nitrogen functional groups attached to an aromatic ring is 1. The van der Waals surface area contributed by atoms with Crippen LogP contribution in [0.5, 0.6) is 0 Å². The zero-order valence-corrected chi connectivity index (χ0v) is 11.5. The van der Waals surface area contributed by atoms with E-state index in [0.717, 1.165) is 24.1 Å². The molecule has 3 rings (SSSR count). The van der Waals surface area contributed by atoms with E-state index in [4.69, 9.17) is 10.7 Å². The Morgan fingerprint density at radius 1 is 1.28 bits per heavy atom. The molecular weight excluding hydrogens is 224 g/mol. The lowest BCUT2D eigenvalue weighted by atomic mass is 9.95. The van der Waals surface area contributed by atoms with Crippen molar-refractivity contribution < 1.29 is 0 Å². The van der Waals surface area contributed by atoms with Crippen LogP contribution in [0, 0.1) is 5.92 Å². The summed E-state index contributed by atoms with van der Waals surface area (Å²) in [6, 6.07) is 2.60. The molecule has 4 heteroatoms. The first-order chi connectivity index (χ1) is 8.43. The van der Waals surface area contributed by atoms with Crippen LogP contribution in [0.2, 0.25) is 0 Å². The quantitative estimate of drug-likeness (QED) is 0.826. The average molecular weight is 246 g/mol. The van der Waals surface area contributed by atoms with Gasteiger partial charge in [0.05, 0.1) is 0 Å². The molecular formula is C14H22N4. The van der Waals surface area contributed by atoms with Gasteiger partial charge in [-0.3, -0.25) is 0 Å². The summed E-state index contributed by atoms with van der Waals surface area (Å²) in [7, 11) is 0. The molecule has 18 heavy (non-hydrogen) atoms. The van der Waals surface area contributed by atoms with Crippen LogP contribution in [-0.2, 0) is 5.41 Å². The fourth-order valence-electron chi connectivity index (χ4n) is 3.14. The minimum absolute atomic E-state index is 0.0527. The van der Waals surface area contributed by atoms with Crippen molar-refractivity contribution in [2.75, 3.05) is 17.2 Å². The van der Waals surface area contributed by atoms with Gasteiger partial charge in [-0.1, -0.05) is 20.8 Å². The molecule has 2 fully saturated rings. The third-order valence-electron chi connectivity index (χ3n) is 4.11. The lowest BCUT2D eigenvalue weighted by molar-refractivity contribution is 0.531. The topological polar surface area (TPSA) is 55.0 Å². The zero-order valence-electron chi connectivity index (χ0n) is 11.5. The highest BCUT2D eigenvalue weighted by Gasteiger charge is 2.38. The summed E-state index contributed by atoms with van der Waals surface area (Å²) in [6.45, 7) is 7.52. The summed E-state index contributed by atoms with van der Waals surface area (Å²) in [5, 5.41) is 0. The highest BCUT2D eigenvalue weighted by Crippen LogP contribution is 2.40. The number of nitrogens with two attached hydrogens (primary N) is 1. The van der Waals surface area contributed by atoms with Crippen LogP contribution >= 0.6 is 0 Å². The maximum absolute atomic E-state index is 5.94. The van der Waals surface area contributed by atoms with Crippen molar-refractivity contribution in [2.24, 2.45) is 5.92 Å². The number of piperidine rings is 1. The molecule has 1 aromatic rings. The van der Waals surface area contributed by atoms with Crippen molar-refractivity contribution in [1.82, 2.24) is 9.97 Å². The lowest BCUT2D eigenvalue weighted by Gasteiger charge is -2.29. The Balaban J connectivity index is 1.95. The minimum Gasteiger partial charge on any atom is -0.384 e. The molecule has 2 aliphatic rings. The molecule has 2 atom stereocenters. The van der Waals surface area contributed by atoms with E-state index in [1.54, 1.807) is 0 Å². The summed E-state index contributed by atoms with van der Waals surface area (Å²) < 4.78 is 0. The van der Waals surface area contributed by atoms with Crippen molar-refractivity contribution in [2.45, 2.75) is 51.5 Å². The van der Waals surface area contributed by atoms with E-state index in [0.29, 0.717) is 11.9 Å². The van der Waals surface area contributed by atoms with Crippen molar-refractivity contribution in [3.05, 3.63) is 11.9 Å². The van der Waals surface area contributed by atoms with E-state index in [1.807, 2.05) is 6.07 Å². The van der Waals surface area contributed by atoms with Crippen molar-refractivity contribution in [3.63, 3.8) is 0 Å². The Morgan fingerprint density at radius 2 is 2.06 bits per heavy atom. The highest BCUT2D eigenvalue weighted by molar-refractivity contribution is 5.50. The molecule has 2 bridgehead atoms. The number of aromatic nitrogens is 2. The Morgan fingerprint density at radius 3 is 2.61 bits per heavy atom. The van der Waals surface area contributed by atoms with Crippen molar-refractivity contribution >= 4 is 11.6 Å². The maximum Gasteiger partial charge on any atom is 0.138 e. The number of nitrogens with zero attached hydrogens (tertiary/aromatic N) is 3. The molecule has 4 nitrogen and oxygen atoms in total. The van der Waals surface area contributed by atoms with Crippen LogP contribution in [0.3, 0.4) is 0 Å². The van der Waals surface area contributed by atoms with Crippen molar-refractivity contribution in [1.29, 1.82) is 0 Å². The molecule has 1 saturated heterocycles. The fraction of sp³-hybridized carbons (Fsp3) is 0.714. The van der Waals surface area contributed by atoms with Gasteiger partial charge in [0.2, 0.25) is 0 Å². The summed E-state index contributed by atoms with van der Waals surface area (Å²) in [5.41, 5.74) is 5.89. The van der Waals surface area contributed by atoms with Crippen LogP contribution in [0.15, 0.2) is 6.07 Å². The molecule has 1 saturated carbocycles. The second-order valence-corrected chi connectivity index (χ2v) is 6.71. The SMILES string of the molecule is CC(C)(C)c1nc(N)cc(N2CC3CCC2C3)n1. The number of fused-ring (bicyclic) bond motifs is 2. The number of hydrogen-bond donors (Lipinski definition) is 1. The fourth-order valence-corrected chi connectivity index (χ4v) is 3.14. The monoisotopic (exact) mass is 246 g/mol. The van der Waals surface area contributed by atoms with E-state index in [2.05, 4.69) is 30.7 Å². The molecule has 1 aromatic heterocycles. The smallest absolute Gasteiger partial charge is 0.138 e. The van der Waals surface area contributed by atoms with Gasteiger partial charge in [0, 0.05) is 24.1 Å². The molecule has 1 aliphatic carbocycles. The molecule has 0 spiro atoms.